The highest BCUT2D eigenvalue weighted by Gasteiger charge is 2.07. The Morgan fingerprint density at radius 3 is 2.81 bits per heavy atom. The van der Waals surface area contributed by atoms with E-state index in [1.54, 1.807) is 10.9 Å². The average Bonchev–Trinajstić information content (AvgIpc) is 3.17. The molecule has 0 fully saturated rings. The number of benzene rings is 1. The summed E-state index contributed by atoms with van der Waals surface area (Å²) in [6, 6.07) is 7.66. The normalized spacial score (nSPS) is 11.0. The highest BCUT2D eigenvalue weighted by atomic mass is 79.9. The second-order valence-electron chi connectivity index (χ2n) is 4.60. The van der Waals surface area contributed by atoms with Gasteiger partial charge in [0.15, 0.2) is 0 Å². The van der Waals surface area contributed by atoms with Crippen LogP contribution in [0.5, 0.6) is 0 Å². The summed E-state index contributed by atoms with van der Waals surface area (Å²) in [5, 5.41) is 21.8. The van der Waals surface area contributed by atoms with Gasteiger partial charge in [0, 0.05) is 22.4 Å². The minimum absolute atomic E-state index is 0.0120. The van der Waals surface area contributed by atoms with Crippen molar-refractivity contribution >= 4 is 15.9 Å². The molecule has 0 bridgehead atoms. The monoisotopic (exact) mass is 347 g/mol. The molecule has 0 aliphatic heterocycles. The van der Waals surface area contributed by atoms with Gasteiger partial charge in [0.1, 0.15) is 5.69 Å². The molecule has 1 aromatic carbocycles. The van der Waals surface area contributed by atoms with Crippen LogP contribution in [0.4, 0.5) is 0 Å². The maximum atomic E-state index is 9.30. The third-order valence-corrected chi connectivity index (χ3v) is 3.94. The van der Waals surface area contributed by atoms with E-state index in [1.165, 1.54) is 0 Å². The van der Waals surface area contributed by atoms with Crippen LogP contribution in [-0.4, -0.2) is 29.9 Å². The Kier molecular flexibility index (Phi) is 4.12. The molecule has 2 heterocycles. The standard InChI is InChI=1S/C14H14BrN5O/c15-13-3-2-11(8-12(13)10-21)14-9-20(18-17-14)7-6-19-5-1-4-16-19/h1-5,8-9,21H,6-7,10H2. The van der Waals surface area contributed by atoms with E-state index < -0.39 is 0 Å². The molecular formula is C14H14BrN5O. The predicted octanol–water partition coefficient (Wildman–Crippen LogP) is 2.10. The lowest BCUT2D eigenvalue weighted by atomic mass is 10.1. The smallest absolute Gasteiger partial charge is 0.113 e. The second-order valence-corrected chi connectivity index (χ2v) is 5.45. The number of halogens is 1. The number of aliphatic hydroxyl groups excluding tert-OH is 1. The van der Waals surface area contributed by atoms with Crippen molar-refractivity contribution < 1.29 is 5.11 Å². The predicted molar refractivity (Wildman–Crippen MR) is 81.3 cm³/mol. The molecule has 0 atom stereocenters. The summed E-state index contributed by atoms with van der Waals surface area (Å²) in [5.41, 5.74) is 2.56. The largest absolute Gasteiger partial charge is 0.392 e. The van der Waals surface area contributed by atoms with E-state index in [0.717, 1.165) is 27.8 Å². The van der Waals surface area contributed by atoms with Crippen molar-refractivity contribution in [2.75, 3.05) is 0 Å². The van der Waals surface area contributed by atoms with E-state index in [-0.39, 0.29) is 6.61 Å². The quantitative estimate of drug-likeness (QED) is 0.767. The Labute approximate surface area is 130 Å². The molecule has 0 radical (unpaired) electrons. The van der Waals surface area contributed by atoms with Crippen LogP contribution >= 0.6 is 15.9 Å². The van der Waals surface area contributed by atoms with E-state index in [9.17, 15) is 5.11 Å². The lowest BCUT2D eigenvalue weighted by Gasteiger charge is -2.03. The average molecular weight is 348 g/mol. The van der Waals surface area contributed by atoms with Gasteiger partial charge < -0.3 is 5.11 Å². The number of aromatic nitrogens is 5. The molecule has 1 N–H and O–H groups in total. The van der Waals surface area contributed by atoms with E-state index in [1.807, 2.05) is 41.3 Å². The SMILES string of the molecule is OCc1cc(-c2cn(CCn3cccn3)nn2)ccc1Br. The molecule has 0 saturated heterocycles. The molecule has 0 amide bonds. The van der Waals surface area contributed by atoms with E-state index in [4.69, 9.17) is 0 Å². The highest BCUT2D eigenvalue weighted by molar-refractivity contribution is 9.10. The zero-order valence-electron chi connectivity index (χ0n) is 11.2. The van der Waals surface area contributed by atoms with Crippen LogP contribution in [0.25, 0.3) is 11.3 Å². The first-order valence-electron chi connectivity index (χ1n) is 6.53. The van der Waals surface area contributed by atoms with Gasteiger partial charge in [0.25, 0.3) is 0 Å². The minimum Gasteiger partial charge on any atom is -0.392 e. The van der Waals surface area contributed by atoms with E-state index in [0.29, 0.717) is 6.54 Å². The number of hydrogen-bond acceptors (Lipinski definition) is 4. The first-order valence-corrected chi connectivity index (χ1v) is 7.33. The van der Waals surface area contributed by atoms with Crippen LogP contribution in [-0.2, 0) is 19.7 Å². The Morgan fingerprint density at radius 1 is 1.19 bits per heavy atom. The Bertz CT molecular complexity index is 723. The number of hydrogen-bond donors (Lipinski definition) is 1. The lowest BCUT2D eigenvalue weighted by Crippen LogP contribution is -2.08. The zero-order valence-corrected chi connectivity index (χ0v) is 12.8. The summed E-state index contributed by atoms with van der Waals surface area (Å²) < 4.78 is 4.53. The van der Waals surface area contributed by atoms with Gasteiger partial charge in [0.2, 0.25) is 0 Å². The van der Waals surface area contributed by atoms with Crippen LogP contribution in [0.2, 0.25) is 0 Å². The van der Waals surface area contributed by atoms with Crippen molar-refractivity contribution in [3.8, 4) is 11.3 Å². The van der Waals surface area contributed by atoms with Gasteiger partial charge in [-0.25, -0.2) is 0 Å². The van der Waals surface area contributed by atoms with Crippen LogP contribution in [0.3, 0.4) is 0 Å². The van der Waals surface area contributed by atoms with Gasteiger partial charge >= 0.3 is 0 Å². The topological polar surface area (TPSA) is 68.8 Å². The molecule has 2 aromatic heterocycles. The Morgan fingerprint density at radius 2 is 2.05 bits per heavy atom. The number of aliphatic hydroxyl groups is 1. The van der Waals surface area contributed by atoms with Gasteiger partial charge in [0.05, 0.1) is 25.9 Å². The van der Waals surface area contributed by atoms with Crippen LogP contribution in [0.1, 0.15) is 5.56 Å². The molecule has 0 saturated carbocycles. The molecule has 0 aliphatic rings. The van der Waals surface area contributed by atoms with E-state index in [2.05, 4.69) is 31.3 Å². The summed E-state index contributed by atoms with van der Waals surface area (Å²) in [7, 11) is 0. The van der Waals surface area contributed by atoms with Crippen LogP contribution in [0, 0.1) is 0 Å². The fourth-order valence-electron chi connectivity index (χ4n) is 2.03. The van der Waals surface area contributed by atoms with Gasteiger partial charge in [-0.3, -0.25) is 9.36 Å². The van der Waals surface area contributed by atoms with Gasteiger partial charge in [-0.05, 0) is 23.8 Å². The molecule has 0 spiro atoms. The molecule has 108 valence electrons. The second kappa shape index (κ2) is 6.19. The Hall–Kier alpha value is -1.99. The maximum absolute atomic E-state index is 9.30. The van der Waals surface area contributed by atoms with Gasteiger partial charge in [-0.15, -0.1) is 5.10 Å². The van der Waals surface area contributed by atoms with Crippen LogP contribution < -0.4 is 0 Å². The third kappa shape index (κ3) is 3.20. The van der Waals surface area contributed by atoms with Crippen molar-refractivity contribution in [1.29, 1.82) is 0 Å². The zero-order chi connectivity index (χ0) is 14.7. The summed E-state index contributed by atoms with van der Waals surface area (Å²) in [4.78, 5) is 0. The molecule has 0 aliphatic carbocycles. The van der Waals surface area contributed by atoms with Gasteiger partial charge in [-0.2, -0.15) is 5.10 Å². The summed E-state index contributed by atoms with van der Waals surface area (Å²) in [6.45, 7) is 1.44. The Balaban J connectivity index is 1.75. The fourth-order valence-corrected chi connectivity index (χ4v) is 2.40. The number of rotatable bonds is 5. The number of nitrogens with zero attached hydrogens (tertiary/aromatic N) is 5. The van der Waals surface area contributed by atoms with Crippen molar-refractivity contribution in [1.82, 2.24) is 24.8 Å². The summed E-state index contributed by atoms with van der Waals surface area (Å²) in [6.07, 6.45) is 5.57. The molecule has 7 heteroatoms. The van der Waals surface area contributed by atoms with Crippen LogP contribution in [0.15, 0.2) is 47.3 Å². The van der Waals surface area contributed by atoms with Crippen molar-refractivity contribution in [3.05, 3.63) is 52.9 Å². The maximum Gasteiger partial charge on any atom is 0.113 e. The number of aryl methyl sites for hydroxylation is 2. The van der Waals surface area contributed by atoms with Crippen molar-refractivity contribution in [2.45, 2.75) is 19.7 Å². The molecule has 6 nitrogen and oxygen atoms in total. The molecule has 0 unspecified atom stereocenters. The summed E-state index contributed by atoms with van der Waals surface area (Å²) in [5.74, 6) is 0. The van der Waals surface area contributed by atoms with E-state index >= 15 is 0 Å². The minimum atomic E-state index is -0.0120. The first kappa shape index (κ1) is 14.0. The lowest BCUT2D eigenvalue weighted by molar-refractivity contribution is 0.281. The molecule has 3 rings (SSSR count). The fraction of sp³-hybridized carbons (Fsp3) is 0.214. The van der Waals surface area contributed by atoms with Crippen molar-refractivity contribution in [2.24, 2.45) is 0 Å². The third-order valence-electron chi connectivity index (χ3n) is 3.17. The summed E-state index contributed by atoms with van der Waals surface area (Å²) >= 11 is 3.40. The van der Waals surface area contributed by atoms with Crippen molar-refractivity contribution in [3.63, 3.8) is 0 Å². The van der Waals surface area contributed by atoms with Gasteiger partial charge in [-0.1, -0.05) is 27.2 Å². The highest BCUT2D eigenvalue weighted by Crippen LogP contribution is 2.24. The molecule has 3 aromatic rings. The first-order chi connectivity index (χ1) is 10.3. The molecular weight excluding hydrogens is 334 g/mol. The molecule has 21 heavy (non-hydrogen) atoms.